The fourth-order valence-electron chi connectivity index (χ4n) is 3.09. The van der Waals surface area contributed by atoms with Gasteiger partial charge in [-0.25, -0.2) is 4.39 Å². The van der Waals surface area contributed by atoms with Crippen molar-refractivity contribution in [3.63, 3.8) is 0 Å². The topological polar surface area (TPSA) is 30.7 Å². The normalized spacial score (nSPS) is 11.0. The lowest BCUT2D eigenvalue weighted by molar-refractivity contribution is 0.629. The van der Waals surface area contributed by atoms with Crippen molar-refractivity contribution in [2.45, 2.75) is 24.8 Å². The molecular weight excluding hydrogens is 369 g/mol. The molecule has 1 aromatic heterocycles. The zero-order chi connectivity index (χ0) is 19.5. The molecule has 0 saturated heterocycles. The molecule has 4 rings (SSSR count). The van der Waals surface area contributed by atoms with E-state index in [1.165, 1.54) is 22.8 Å². The van der Waals surface area contributed by atoms with Crippen LogP contribution in [0.25, 0.3) is 17.1 Å². The van der Waals surface area contributed by atoms with Gasteiger partial charge in [0.05, 0.1) is 5.56 Å². The van der Waals surface area contributed by atoms with Gasteiger partial charge in [-0.05, 0) is 49.2 Å². The lowest BCUT2D eigenvalue weighted by Crippen LogP contribution is -2.01. The zero-order valence-electron chi connectivity index (χ0n) is 15.8. The van der Waals surface area contributed by atoms with Gasteiger partial charge in [-0.15, -0.1) is 10.2 Å². The molecule has 28 heavy (non-hydrogen) atoms. The first-order valence-electron chi connectivity index (χ1n) is 9.08. The number of aryl methyl sites for hydroxylation is 2. The molecule has 0 N–H and O–H groups in total. The number of nitrogens with zero attached hydrogens (tertiary/aromatic N) is 3. The number of halogens is 1. The summed E-state index contributed by atoms with van der Waals surface area (Å²) in [6.45, 7) is 4.21. The first-order valence-corrected chi connectivity index (χ1v) is 10.1. The van der Waals surface area contributed by atoms with Crippen LogP contribution < -0.4 is 0 Å². The molecule has 3 nitrogen and oxygen atoms in total. The van der Waals surface area contributed by atoms with Crippen molar-refractivity contribution < 1.29 is 4.39 Å². The van der Waals surface area contributed by atoms with Crippen molar-refractivity contribution in [1.82, 2.24) is 14.8 Å². The third kappa shape index (κ3) is 3.71. The van der Waals surface area contributed by atoms with Crippen LogP contribution >= 0.6 is 11.8 Å². The van der Waals surface area contributed by atoms with Gasteiger partial charge in [0.25, 0.3) is 0 Å². The number of benzene rings is 3. The van der Waals surface area contributed by atoms with Crippen LogP contribution in [0.3, 0.4) is 0 Å². The molecule has 0 aliphatic heterocycles. The third-order valence-electron chi connectivity index (χ3n) is 4.62. The Hall–Kier alpha value is -2.92. The summed E-state index contributed by atoms with van der Waals surface area (Å²) in [4.78, 5) is 0. The molecule has 0 amide bonds. The number of para-hydroxylation sites is 1. The molecule has 0 saturated carbocycles. The second-order valence-corrected chi connectivity index (χ2v) is 7.62. The largest absolute Gasteiger partial charge is 0.270 e. The summed E-state index contributed by atoms with van der Waals surface area (Å²) in [5, 5.41) is 9.46. The van der Waals surface area contributed by atoms with E-state index in [1.807, 2.05) is 41.0 Å². The van der Waals surface area contributed by atoms with Crippen LogP contribution in [0.5, 0.6) is 0 Å². The van der Waals surface area contributed by atoms with Crippen molar-refractivity contribution in [1.29, 1.82) is 0 Å². The maximum atomic E-state index is 14.4. The Morgan fingerprint density at radius 3 is 2.43 bits per heavy atom. The Kier molecular flexibility index (Phi) is 5.26. The third-order valence-corrected chi connectivity index (χ3v) is 5.60. The summed E-state index contributed by atoms with van der Waals surface area (Å²) in [7, 11) is 0. The summed E-state index contributed by atoms with van der Waals surface area (Å²) >= 11 is 1.61. The quantitative estimate of drug-likeness (QED) is 0.393. The number of hydrogen-bond acceptors (Lipinski definition) is 3. The second kappa shape index (κ2) is 7.98. The second-order valence-electron chi connectivity index (χ2n) is 6.68. The van der Waals surface area contributed by atoms with Gasteiger partial charge in [-0.2, -0.15) is 0 Å². The van der Waals surface area contributed by atoms with E-state index in [1.54, 1.807) is 23.9 Å². The fraction of sp³-hybridized carbons (Fsp3) is 0.130. The Morgan fingerprint density at radius 1 is 0.893 bits per heavy atom. The minimum absolute atomic E-state index is 0.307. The Morgan fingerprint density at radius 2 is 1.64 bits per heavy atom. The van der Waals surface area contributed by atoms with E-state index in [4.69, 9.17) is 0 Å². The Bertz CT molecular complexity index is 1110. The molecule has 0 unspecified atom stereocenters. The van der Waals surface area contributed by atoms with Crippen molar-refractivity contribution in [3.8, 4) is 17.1 Å². The van der Waals surface area contributed by atoms with E-state index < -0.39 is 0 Å². The molecule has 4 aromatic rings. The van der Waals surface area contributed by atoms with Crippen LogP contribution in [0.1, 0.15) is 16.7 Å². The van der Waals surface area contributed by atoms with Crippen LogP contribution in [-0.4, -0.2) is 14.8 Å². The van der Waals surface area contributed by atoms with Crippen LogP contribution in [-0.2, 0) is 5.75 Å². The lowest BCUT2D eigenvalue weighted by Gasteiger charge is -2.11. The Labute approximate surface area is 168 Å². The molecular formula is C23H20FN3S. The zero-order valence-corrected chi connectivity index (χ0v) is 16.6. The molecule has 0 spiro atoms. The summed E-state index contributed by atoms with van der Waals surface area (Å²) in [6, 6.07) is 23.0. The molecule has 3 aromatic carbocycles. The van der Waals surface area contributed by atoms with Crippen LogP contribution in [0.2, 0.25) is 0 Å². The molecule has 0 fully saturated rings. The maximum Gasteiger partial charge on any atom is 0.196 e. The molecule has 5 heteroatoms. The van der Waals surface area contributed by atoms with Gasteiger partial charge in [-0.1, -0.05) is 65.9 Å². The van der Waals surface area contributed by atoms with Gasteiger partial charge >= 0.3 is 0 Å². The molecule has 0 radical (unpaired) electrons. The average Bonchev–Trinajstić information content (AvgIpc) is 3.13. The van der Waals surface area contributed by atoms with Gasteiger partial charge in [0.15, 0.2) is 11.0 Å². The molecule has 0 aliphatic carbocycles. The van der Waals surface area contributed by atoms with Gasteiger partial charge in [0.2, 0.25) is 0 Å². The summed E-state index contributed by atoms with van der Waals surface area (Å²) < 4.78 is 16.4. The van der Waals surface area contributed by atoms with E-state index in [2.05, 4.69) is 42.2 Å². The predicted molar refractivity (Wildman–Crippen MR) is 112 cm³/mol. The average molecular weight is 389 g/mol. The van der Waals surface area contributed by atoms with E-state index in [0.717, 1.165) is 16.6 Å². The minimum Gasteiger partial charge on any atom is -0.270 e. The van der Waals surface area contributed by atoms with E-state index in [-0.39, 0.29) is 5.82 Å². The smallest absolute Gasteiger partial charge is 0.196 e. The van der Waals surface area contributed by atoms with Crippen LogP contribution in [0.4, 0.5) is 4.39 Å². The van der Waals surface area contributed by atoms with Crippen LogP contribution in [0, 0.1) is 19.7 Å². The molecule has 0 aliphatic rings. The van der Waals surface area contributed by atoms with Crippen molar-refractivity contribution in [2.24, 2.45) is 0 Å². The highest BCUT2D eigenvalue weighted by atomic mass is 32.2. The van der Waals surface area contributed by atoms with E-state index in [9.17, 15) is 4.39 Å². The number of aromatic nitrogens is 3. The first-order chi connectivity index (χ1) is 13.6. The summed E-state index contributed by atoms with van der Waals surface area (Å²) in [6.07, 6.45) is 0. The molecule has 140 valence electrons. The molecule has 1 heterocycles. The molecule has 0 atom stereocenters. The minimum atomic E-state index is -0.307. The van der Waals surface area contributed by atoms with Gasteiger partial charge in [0, 0.05) is 11.4 Å². The van der Waals surface area contributed by atoms with E-state index >= 15 is 0 Å². The van der Waals surface area contributed by atoms with Gasteiger partial charge in [-0.3, -0.25) is 4.57 Å². The van der Waals surface area contributed by atoms with Crippen molar-refractivity contribution >= 4 is 11.8 Å². The van der Waals surface area contributed by atoms with Gasteiger partial charge < -0.3 is 0 Å². The maximum absolute atomic E-state index is 14.4. The molecule has 0 bridgehead atoms. The van der Waals surface area contributed by atoms with Crippen LogP contribution in [0.15, 0.2) is 78.0 Å². The highest BCUT2D eigenvalue weighted by Crippen LogP contribution is 2.31. The standard InChI is InChI=1S/C23H20FN3S/c1-16-12-13-17(2)18(14-16)15-28-23-26-25-22(20-10-6-7-11-21(20)24)27(23)19-8-4-3-5-9-19/h3-14H,15H2,1-2H3. The lowest BCUT2D eigenvalue weighted by atomic mass is 10.1. The SMILES string of the molecule is Cc1ccc(C)c(CSc2nnc(-c3ccccc3F)n2-c2ccccc2)c1. The fourth-order valence-corrected chi connectivity index (χ4v) is 4.10. The van der Waals surface area contributed by atoms with Crippen molar-refractivity contribution in [2.75, 3.05) is 0 Å². The number of rotatable bonds is 5. The summed E-state index contributed by atoms with van der Waals surface area (Å²) in [5.41, 5.74) is 5.10. The highest BCUT2D eigenvalue weighted by molar-refractivity contribution is 7.98. The Balaban J connectivity index is 1.76. The van der Waals surface area contributed by atoms with Gasteiger partial charge in [0.1, 0.15) is 5.82 Å². The monoisotopic (exact) mass is 389 g/mol. The summed E-state index contributed by atoms with van der Waals surface area (Å²) in [5.74, 6) is 0.973. The van der Waals surface area contributed by atoms with E-state index in [0.29, 0.717) is 11.4 Å². The number of thioether (sulfide) groups is 1. The van der Waals surface area contributed by atoms with Crippen molar-refractivity contribution in [3.05, 3.63) is 95.3 Å². The highest BCUT2D eigenvalue weighted by Gasteiger charge is 2.18. The predicted octanol–water partition coefficient (Wildman–Crippen LogP) is 5.98. The first kappa shape index (κ1) is 18.4. The number of hydrogen-bond donors (Lipinski definition) is 0.